The number of rotatable bonds is 4. The lowest BCUT2D eigenvalue weighted by molar-refractivity contribution is -0.116. The Hall–Kier alpha value is -3.88. The van der Waals surface area contributed by atoms with Crippen LogP contribution in [-0.2, 0) is 11.3 Å². The first-order valence-electron chi connectivity index (χ1n) is 8.79. The van der Waals surface area contributed by atoms with Crippen molar-refractivity contribution in [3.05, 3.63) is 81.4 Å². The molecule has 0 fully saturated rings. The summed E-state index contributed by atoms with van der Waals surface area (Å²) in [4.78, 5) is 37.1. The van der Waals surface area contributed by atoms with Crippen molar-refractivity contribution in [3.63, 3.8) is 0 Å². The van der Waals surface area contributed by atoms with Gasteiger partial charge < -0.3 is 14.8 Å². The summed E-state index contributed by atoms with van der Waals surface area (Å²) in [7, 11) is 0. The Morgan fingerprint density at radius 1 is 1.00 bits per heavy atom. The maximum Gasteiger partial charge on any atom is 0.320 e. The molecule has 148 valence electrons. The second-order valence-corrected chi connectivity index (χ2v) is 6.26. The van der Waals surface area contributed by atoms with Crippen LogP contribution in [0.25, 0.3) is 5.69 Å². The van der Waals surface area contributed by atoms with Crippen LogP contribution in [0.1, 0.15) is 0 Å². The van der Waals surface area contributed by atoms with Crippen molar-refractivity contribution in [3.8, 4) is 17.2 Å². The highest BCUT2D eigenvalue weighted by atomic mass is 19.1. The molecule has 1 aromatic heterocycles. The van der Waals surface area contributed by atoms with Gasteiger partial charge in [0, 0.05) is 18.5 Å². The lowest BCUT2D eigenvalue weighted by atomic mass is 10.2. The van der Waals surface area contributed by atoms with E-state index in [4.69, 9.17) is 9.47 Å². The van der Waals surface area contributed by atoms with Gasteiger partial charge in [-0.05, 0) is 24.3 Å². The average molecular weight is 397 g/mol. The predicted molar refractivity (Wildman–Crippen MR) is 102 cm³/mol. The Morgan fingerprint density at radius 3 is 2.55 bits per heavy atom. The van der Waals surface area contributed by atoms with E-state index in [0.29, 0.717) is 30.4 Å². The lowest BCUT2D eigenvalue weighted by Crippen LogP contribution is -2.41. The molecule has 4 rings (SSSR count). The number of aromatic nitrogens is 2. The fourth-order valence-corrected chi connectivity index (χ4v) is 2.93. The van der Waals surface area contributed by atoms with Crippen LogP contribution < -0.4 is 25.9 Å². The van der Waals surface area contributed by atoms with E-state index >= 15 is 0 Å². The molecule has 3 aromatic rings. The van der Waals surface area contributed by atoms with E-state index in [2.05, 4.69) is 5.32 Å². The molecule has 0 aliphatic carbocycles. The molecule has 0 radical (unpaired) electrons. The van der Waals surface area contributed by atoms with E-state index in [1.807, 2.05) is 0 Å². The van der Waals surface area contributed by atoms with Gasteiger partial charge in [-0.1, -0.05) is 12.1 Å². The van der Waals surface area contributed by atoms with Gasteiger partial charge in [-0.15, -0.1) is 0 Å². The third-order valence-electron chi connectivity index (χ3n) is 4.32. The number of benzene rings is 2. The zero-order valence-corrected chi connectivity index (χ0v) is 15.1. The quantitative estimate of drug-likeness (QED) is 0.675. The van der Waals surface area contributed by atoms with E-state index in [0.717, 1.165) is 9.13 Å². The Balaban J connectivity index is 1.58. The van der Waals surface area contributed by atoms with Crippen molar-refractivity contribution in [1.82, 2.24) is 9.13 Å². The molecule has 0 unspecified atom stereocenters. The van der Waals surface area contributed by atoms with Crippen molar-refractivity contribution in [1.29, 1.82) is 0 Å². The summed E-state index contributed by atoms with van der Waals surface area (Å²) in [6, 6.07) is 10.6. The monoisotopic (exact) mass is 397 g/mol. The topological polar surface area (TPSA) is 91.6 Å². The van der Waals surface area contributed by atoms with Gasteiger partial charge in [0.1, 0.15) is 25.6 Å². The number of amides is 1. The van der Waals surface area contributed by atoms with E-state index in [-0.39, 0.29) is 5.69 Å². The number of ether oxygens (including phenoxy) is 2. The number of para-hydroxylation sites is 1. The number of anilines is 1. The molecule has 1 amide bonds. The second kappa shape index (κ2) is 7.63. The van der Waals surface area contributed by atoms with Crippen molar-refractivity contribution in [2.24, 2.45) is 0 Å². The zero-order valence-electron chi connectivity index (χ0n) is 15.1. The smallest absolute Gasteiger partial charge is 0.320 e. The van der Waals surface area contributed by atoms with Gasteiger partial charge in [-0.3, -0.25) is 23.5 Å². The number of hydrogen-bond acceptors (Lipinski definition) is 5. The molecule has 1 N–H and O–H groups in total. The summed E-state index contributed by atoms with van der Waals surface area (Å²) in [6.07, 6.45) is 2.70. The van der Waals surface area contributed by atoms with Crippen LogP contribution in [0.4, 0.5) is 10.1 Å². The van der Waals surface area contributed by atoms with E-state index < -0.39 is 29.4 Å². The van der Waals surface area contributed by atoms with Crippen molar-refractivity contribution in [2.45, 2.75) is 6.54 Å². The molecule has 29 heavy (non-hydrogen) atoms. The number of carbonyl (C=O) groups is 1. The molecule has 0 bridgehead atoms. The van der Waals surface area contributed by atoms with Crippen molar-refractivity contribution in [2.75, 3.05) is 18.5 Å². The largest absolute Gasteiger partial charge is 0.486 e. The van der Waals surface area contributed by atoms with Crippen LogP contribution in [-0.4, -0.2) is 28.3 Å². The third-order valence-corrected chi connectivity index (χ3v) is 4.32. The number of halogens is 1. The normalized spacial score (nSPS) is 12.4. The summed E-state index contributed by atoms with van der Waals surface area (Å²) in [5.41, 5.74) is -1.29. The Morgan fingerprint density at radius 2 is 1.76 bits per heavy atom. The number of fused-ring (bicyclic) bond motifs is 1. The summed E-state index contributed by atoms with van der Waals surface area (Å²) < 4.78 is 26.7. The summed E-state index contributed by atoms with van der Waals surface area (Å²) in [5, 5.41) is 2.37. The maximum absolute atomic E-state index is 13.6. The highest BCUT2D eigenvalue weighted by molar-refractivity contribution is 5.90. The lowest BCUT2D eigenvalue weighted by Gasteiger charge is -2.19. The molecule has 8 nitrogen and oxygen atoms in total. The summed E-state index contributed by atoms with van der Waals surface area (Å²) in [5.74, 6) is -0.184. The third kappa shape index (κ3) is 3.75. The fraction of sp³-hybridized carbons (Fsp3) is 0.150. The fourth-order valence-electron chi connectivity index (χ4n) is 2.93. The van der Waals surface area contributed by atoms with Gasteiger partial charge in [-0.25, -0.2) is 4.39 Å². The van der Waals surface area contributed by atoms with Gasteiger partial charge in [0.25, 0.3) is 0 Å². The first-order valence-corrected chi connectivity index (χ1v) is 8.79. The Labute approximate surface area is 163 Å². The minimum atomic E-state index is -0.883. The van der Waals surface area contributed by atoms with Gasteiger partial charge in [0.05, 0.1) is 11.4 Å². The molecule has 2 aromatic carbocycles. The number of nitrogens with one attached hydrogen (secondary N) is 1. The molecule has 0 saturated carbocycles. The van der Waals surface area contributed by atoms with Crippen LogP contribution in [0.5, 0.6) is 11.5 Å². The van der Waals surface area contributed by atoms with Gasteiger partial charge in [0.2, 0.25) is 5.91 Å². The van der Waals surface area contributed by atoms with E-state index in [1.54, 1.807) is 24.3 Å². The first kappa shape index (κ1) is 18.5. The van der Waals surface area contributed by atoms with Gasteiger partial charge in [0.15, 0.2) is 11.5 Å². The Bertz CT molecular complexity index is 1200. The zero-order chi connectivity index (χ0) is 20.4. The molecule has 0 saturated heterocycles. The average Bonchev–Trinajstić information content (AvgIpc) is 2.73. The highest BCUT2D eigenvalue weighted by Gasteiger charge is 2.15. The van der Waals surface area contributed by atoms with Crippen LogP contribution in [0.15, 0.2) is 64.4 Å². The first-order chi connectivity index (χ1) is 14.0. The van der Waals surface area contributed by atoms with Gasteiger partial charge in [-0.2, -0.15) is 0 Å². The molecule has 0 atom stereocenters. The second-order valence-electron chi connectivity index (χ2n) is 6.26. The number of hydrogen-bond donors (Lipinski definition) is 1. The minimum absolute atomic E-state index is 0.00447. The number of carbonyl (C=O) groups excluding carboxylic acids is 1. The number of nitrogens with zero attached hydrogens (tertiary/aromatic N) is 2. The minimum Gasteiger partial charge on any atom is -0.486 e. The molecule has 2 heterocycles. The molecule has 1 aliphatic heterocycles. The molecular weight excluding hydrogens is 381 g/mol. The maximum atomic E-state index is 13.6. The predicted octanol–water partition coefficient (Wildman–Crippen LogP) is 1.55. The molecule has 9 heteroatoms. The molecule has 0 spiro atoms. The Kier molecular flexibility index (Phi) is 4.86. The van der Waals surface area contributed by atoms with Crippen molar-refractivity contribution >= 4 is 11.6 Å². The molecular formula is C20H16FN3O5. The van der Waals surface area contributed by atoms with E-state index in [1.165, 1.54) is 30.6 Å². The van der Waals surface area contributed by atoms with E-state index in [9.17, 15) is 18.8 Å². The molecule has 1 aliphatic rings. The summed E-state index contributed by atoms with van der Waals surface area (Å²) in [6.45, 7) is 0.408. The SMILES string of the molecule is O=C(Cn1ccn(-c2ccc3c(c2)OCCO3)c(=O)c1=O)Nc1ccccc1F. The van der Waals surface area contributed by atoms with Crippen LogP contribution in [0.2, 0.25) is 0 Å². The van der Waals surface area contributed by atoms with Crippen LogP contribution >= 0.6 is 0 Å². The highest BCUT2D eigenvalue weighted by Crippen LogP contribution is 2.31. The van der Waals surface area contributed by atoms with Crippen LogP contribution in [0.3, 0.4) is 0 Å². The van der Waals surface area contributed by atoms with Crippen LogP contribution in [0, 0.1) is 5.82 Å². The van der Waals surface area contributed by atoms with Gasteiger partial charge >= 0.3 is 11.1 Å². The standard InChI is InChI=1S/C20H16FN3O5/c21-14-3-1-2-4-15(14)22-18(25)12-23-7-8-24(20(27)19(23)26)13-5-6-16-17(11-13)29-10-9-28-16/h1-8,11H,9-10,12H2,(H,22,25). The van der Waals surface area contributed by atoms with Crippen molar-refractivity contribution < 1.29 is 18.7 Å². The summed E-state index contributed by atoms with van der Waals surface area (Å²) >= 11 is 0.